The van der Waals surface area contributed by atoms with Crippen LogP contribution >= 0.6 is 12.2 Å². The van der Waals surface area contributed by atoms with Gasteiger partial charge in [-0.25, -0.2) is 0 Å². The van der Waals surface area contributed by atoms with Crippen LogP contribution in [0.15, 0.2) is 47.5 Å². The summed E-state index contributed by atoms with van der Waals surface area (Å²) in [5.74, 6) is -0.772. The fourth-order valence-corrected chi connectivity index (χ4v) is 2.67. The van der Waals surface area contributed by atoms with Gasteiger partial charge in [0.05, 0.1) is 16.4 Å². The Kier molecular flexibility index (Phi) is 6.72. The number of aryl methyl sites for hydroxylation is 2. The number of benzene rings is 2. The Morgan fingerprint density at radius 3 is 2.43 bits per heavy atom. The number of hydrogen-bond donors (Lipinski definition) is 2. The fourth-order valence-electron chi connectivity index (χ4n) is 2.56. The monoisotopic (exact) mass is 408 g/mol. The number of rotatable bonds is 6. The van der Waals surface area contributed by atoms with Crippen molar-refractivity contribution in [3.05, 3.63) is 59.2 Å². The third-order valence-corrected chi connectivity index (χ3v) is 4.39. The molecule has 0 bridgehead atoms. The minimum Gasteiger partial charge on any atom is -0.380 e. The summed E-state index contributed by atoms with van der Waals surface area (Å²) in [6, 6.07) is 10.5. The van der Waals surface area contributed by atoms with Crippen LogP contribution in [0.4, 0.5) is 24.5 Å². The number of nitrogens with one attached hydrogen (secondary N) is 1. The van der Waals surface area contributed by atoms with E-state index in [0.29, 0.717) is 12.1 Å². The quantitative estimate of drug-likeness (QED) is 0.518. The Hall–Kier alpha value is -2.54. The van der Waals surface area contributed by atoms with Crippen molar-refractivity contribution in [3.8, 4) is 0 Å². The largest absolute Gasteiger partial charge is 0.416 e. The molecule has 0 fully saturated rings. The van der Waals surface area contributed by atoms with Gasteiger partial charge in [0.15, 0.2) is 0 Å². The van der Waals surface area contributed by atoms with E-state index in [2.05, 4.69) is 27.7 Å². The lowest BCUT2D eigenvalue weighted by Crippen LogP contribution is -2.40. The molecule has 0 spiro atoms. The first-order valence-corrected chi connectivity index (χ1v) is 8.82. The van der Waals surface area contributed by atoms with Crippen molar-refractivity contribution in [2.45, 2.75) is 38.5 Å². The molecule has 2 aromatic rings. The van der Waals surface area contributed by atoms with E-state index in [9.17, 15) is 23.1 Å². The van der Waals surface area contributed by atoms with Gasteiger partial charge in [-0.15, -0.1) is 0 Å². The number of alkyl halides is 3. The molecule has 0 aliphatic carbocycles. The summed E-state index contributed by atoms with van der Waals surface area (Å²) in [6.07, 6.45) is -4.04. The molecule has 4 nitrogen and oxygen atoms in total. The molecule has 148 valence electrons. The molecule has 0 heterocycles. The first-order chi connectivity index (χ1) is 13.0. The average molecular weight is 408 g/mol. The third kappa shape index (κ3) is 5.73. The summed E-state index contributed by atoms with van der Waals surface area (Å²) in [5, 5.41) is 15.1. The Morgan fingerprint density at radius 1 is 1.21 bits per heavy atom. The van der Waals surface area contributed by atoms with Crippen molar-refractivity contribution in [1.29, 1.82) is 0 Å². The van der Waals surface area contributed by atoms with Gasteiger partial charge in [-0.3, -0.25) is 4.79 Å². The zero-order chi connectivity index (χ0) is 20.9. The summed E-state index contributed by atoms with van der Waals surface area (Å²) in [4.78, 5) is 16.2. The number of aliphatic imine (C=N–C) groups is 1. The molecule has 0 unspecified atom stereocenters. The fraction of sp³-hybridized carbons (Fsp3) is 0.300. The number of isothiocyanates is 1. The van der Waals surface area contributed by atoms with E-state index in [-0.39, 0.29) is 17.7 Å². The number of carbonyl (C=O) groups is 1. The number of halogens is 3. The number of anilines is 1. The third-order valence-electron chi connectivity index (χ3n) is 4.30. The molecular weight excluding hydrogens is 389 g/mol. The SMILES string of the molecule is Cc1ccc(NC(=O)[C@](C)(O)CCc2ccc(N=C=S)cc2)cc1C(F)(F)F. The minimum absolute atomic E-state index is 0.0226. The van der Waals surface area contributed by atoms with E-state index in [1.807, 2.05) is 0 Å². The Balaban J connectivity index is 2.05. The maximum Gasteiger partial charge on any atom is 0.416 e. The van der Waals surface area contributed by atoms with E-state index in [4.69, 9.17) is 0 Å². The van der Waals surface area contributed by atoms with E-state index >= 15 is 0 Å². The lowest BCUT2D eigenvalue weighted by molar-refractivity contribution is -0.138. The lowest BCUT2D eigenvalue weighted by Gasteiger charge is -2.23. The highest BCUT2D eigenvalue weighted by Crippen LogP contribution is 2.33. The number of aliphatic hydroxyl groups is 1. The molecule has 8 heteroatoms. The number of amides is 1. The average Bonchev–Trinajstić information content (AvgIpc) is 2.62. The molecule has 1 amide bonds. The number of nitrogens with zero attached hydrogens (tertiary/aromatic N) is 1. The van der Waals surface area contributed by atoms with Gasteiger partial charge in [-0.2, -0.15) is 18.2 Å². The topological polar surface area (TPSA) is 61.7 Å². The van der Waals surface area contributed by atoms with Crippen LogP contribution in [0.2, 0.25) is 0 Å². The summed E-state index contributed by atoms with van der Waals surface area (Å²) < 4.78 is 39.0. The van der Waals surface area contributed by atoms with Gasteiger partial charge in [-0.1, -0.05) is 18.2 Å². The van der Waals surface area contributed by atoms with Crippen molar-refractivity contribution in [2.75, 3.05) is 5.32 Å². The Bertz CT molecular complexity index is 903. The molecule has 0 aliphatic heterocycles. The van der Waals surface area contributed by atoms with E-state index in [0.717, 1.165) is 11.6 Å². The maximum absolute atomic E-state index is 13.0. The minimum atomic E-state index is -4.52. The highest BCUT2D eigenvalue weighted by atomic mass is 32.1. The second-order valence-corrected chi connectivity index (χ2v) is 6.81. The van der Waals surface area contributed by atoms with Crippen LogP contribution in [0.5, 0.6) is 0 Å². The van der Waals surface area contributed by atoms with Crippen molar-refractivity contribution >= 4 is 34.7 Å². The summed E-state index contributed by atoms with van der Waals surface area (Å²) in [5.41, 5.74) is -1.04. The highest BCUT2D eigenvalue weighted by molar-refractivity contribution is 7.78. The molecule has 28 heavy (non-hydrogen) atoms. The number of hydrogen-bond acceptors (Lipinski definition) is 4. The van der Waals surface area contributed by atoms with Crippen LogP contribution in [0.25, 0.3) is 0 Å². The van der Waals surface area contributed by atoms with Crippen LogP contribution in [0, 0.1) is 6.92 Å². The van der Waals surface area contributed by atoms with Crippen molar-refractivity contribution in [3.63, 3.8) is 0 Å². The molecule has 0 radical (unpaired) electrons. The predicted octanol–water partition coefficient (Wildman–Crippen LogP) is 5.07. The molecule has 2 rings (SSSR count). The number of thiocarbonyl (C=S) groups is 1. The van der Waals surface area contributed by atoms with Crippen LogP contribution in [0.3, 0.4) is 0 Å². The van der Waals surface area contributed by atoms with E-state index in [1.165, 1.54) is 26.0 Å². The molecule has 0 aromatic heterocycles. The highest BCUT2D eigenvalue weighted by Gasteiger charge is 2.34. The molecular formula is C20H19F3N2O2S. The molecule has 1 atom stereocenters. The smallest absolute Gasteiger partial charge is 0.380 e. The normalized spacial score (nSPS) is 13.4. The molecule has 0 saturated carbocycles. The van der Waals surface area contributed by atoms with Gasteiger partial charge in [-0.05, 0) is 74.3 Å². The zero-order valence-corrected chi connectivity index (χ0v) is 16.1. The Morgan fingerprint density at radius 2 is 1.86 bits per heavy atom. The van der Waals surface area contributed by atoms with Gasteiger partial charge in [0.25, 0.3) is 5.91 Å². The summed E-state index contributed by atoms with van der Waals surface area (Å²) >= 11 is 4.53. The standard InChI is InChI=1S/C20H19F3N2O2S/c1-13-3-6-16(11-17(13)20(21,22)23)25-18(26)19(2,27)10-9-14-4-7-15(8-5-14)24-12-28/h3-8,11,27H,9-10H2,1-2H3,(H,25,26)/t19-/m1/s1. The summed E-state index contributed by atoms with van der Waals surface area (Å²) in [7, 11) is 0. The molecule has 2 N–H and O–H groups in total. The second kappa shape index (κ2) is 8.65. The first-order valence-electron chi connectivity index (χ1n) is 8.41. The van der Waals surface area contributed by atoms with Crippen LogP contribution < -0.4 is 5.32 Å². The van der Waals surface area contributed by atoms with Gasteiger partial charge in [0.1, 0.15) is 5.60 Å². The zero-order valence-electron chi connectivity index (χ0n) is 15.3. The maximum atomic E-state index is 13.0. The van der Waals surface area contributed by atoms with Gasteiger partial charge in [0.2, 0.25) is 0 Å². The van der Waals surface area contributed by atoms with E-state index < -0.39 is 23.2 Å². The van der Waals surface area contributed by atoms with E-state index in [1.54, 1.807) is 24.3 Å². The second-order valence-electron chi connectivity index (χ2n) is 6.62. The van der Waals surface area contributed by atoms with Gasteiger partial charge >= 0.3 is 6.18 Å². The lowest BCUT2D eigenvalue weighted by atomic mass is 9.95. The van der Waals surface area contributed by atoms with Gasteiger partial charge in [0, 0.05) is 5.69 Å². The Labute approximate surface area is 166 Å². The van der Waals surface area contributed by atoms with Gasteiger partial charge < -0.3 is 10.4 Å². The first kappa shape index (κ1) is 21.8. The molecule has 0 aliphatic rings. The van der Waals surface area contributed by atoms with Crippen LogP contribution in [-0.4, -0.2) is 21.8 Å². The molecule has 0 saturated heterocycles. The molecule has 2 aromatic carbocycles. The van der Waals surface area contributed by atoms with Crippen molar-refractivity contribution < 1.29 is 23.1 Å². The van der Waals surface area contributed by atoms with Crippen LogP contribution in [0.1, 0.15) is 30.0 Å². The van der Waals surface area contributed by atoms with Crippen molar-refractivity contribution in [2.24, 2.45) is 4.99 Å². The number of carbonyl (C=O) groups excluding carboxylic acids is 1. The van der Waals surface area contributed by atoms with Crippen LogP contribution in [-0.2, 0) is 17.4 Å². The van der Waals surface area contributed by atoms with Crippen molar-refractivity contribution in [1.82, 2.24) is 0 Å². The summed E-state index contributed by atoms with van der Waals surface area (Å²) in [6.45, 7) is 2.67. The predicted molar refractivity (Wildman–Crippen MR) is 105 cm³/mol.